The molecule has 12 heteroatoms. The van der Waals surface area contributed by atoms with E-state index in [1.165, 1.54) is 12.1 Å². The Balaban J connectivity index is 1.90. The van der Waals surface area contributed by atoms with Gasteiger partial charge < -0.3 is 5.11 Å². The number of aliphatic hydroxyl groups is 1. The Morgan fingerprint density at radius 1 is 1.00 bits per heavy atom. The molecule has 1 atom stereocenters. The summed E-state index contributed by atoms with van der Waals surface area (Å²) in [6.45, 7) is 3.57. The third-order valence-electron chi connectivity index (χ3n) is 5.25. The quantitative estimate of drug-likeness (QED) is 0.482. The topological polar surface area (TPSA) is 61.6 Å². The summed E-state index contributed by atoms with van der Waals surface area (Å²) < 4.78 is 82.4. The van der Waals surface area contributed by atoms with Gasteiger partial charge in [-0.1, -0.05) is 18.2 Å². The predicted molar refractivity (Wildman–Crippen MR) is 111 cm³/mol. The number of hydrazone groups is 1. The summed E-state index contributed by atoms with van der Waals surface area (Å²) in [7, 11) is 0. The SMILES string of the molecule is Cc1ccc(C2=NN(c3nc(-c4cccs4)cc(C(F)(F)F)n3)[C@](O)(C(F)(F)F)C2)cc1C. The summed E-state index contributed by atoms with van der Waals surface area (Å²) in [5.74, 6) is -1.01. The molecule has 1 aliphatic rings. The summed E-state index contributed by atoms with van der Waals surface area (Å²) in [5.41, 5.74) is -3.50. The molecule has 33 heavy (non-hydrogen) atoms. The van der Waals surface area contributed by atoms with Crippen molar-refractivity contribution in [1.82, 2.24) is 9.97 Å². The maximum absolute atomic E-state index is 14.0. The van der Waals surface area contributed by atoms with Crippen LogP contribution >= 0.6 is 11.3 Å². The highest BCUT2D eigenvalue weighted by Gasteiger charge is 2.63. The molecule has 174 valence electrons. The van der Waals surface area contributed by atoms with Crippen LogP contribution in [0.1, 0.15) is 28.8 Å². The van der Waals surface area contributed by atoms with Crippen molar-refractivity contribution >= 4 is 23.0 Å². The molecule has 0 unspecified atom stereocenters. The van der Waals surface area contributed by atoms with Crippen LogP contribution in [0.15, 0.2) is 46.9 Å². The van der Waals surface area contributed by atoms with E-state index >= 15 is 0 Å². The van der Waals surface area contributed by atoms with Crippen molar-refractivity contribution in [2.45, 2.75) is 38.3 Å². The molecule has 0 fully saturated rings. The van der Waals surface area contributed by atoms with Crippen LogP contribution in [0.25, 0.3) is 10.6 Å². The van der Waals surface area contributed by atoms with E-state index in [0.29, 0.717) is 11.6 Å². The first-order valence-electron chi connectivity index (χ1n) is 9.54. The summed E-state index contributed by atoms with van der Waals surface area (Å²) >= 11 is 1.06. The van der Waals surface area contributed by atoms with Crippen LogP contribution in [0.4, 0.5) is 32.3 Å². The third-order valence-corrected chi connectivity index (χ3v) is 6.14. The second kappa shape index (κ2) is 7.80. The minimum absolute atomic E-state index is 0.0316. The van der Waals surface area contributed by atoms with Crippen molar-refractivity contribution in [2.75, 3.05) is 5.01 Å². The number of thiophene rings is 1. The number of benzene rings is 1. The summed E-state index contributed by atoms with van der Waals surface area (Å²) in [5, 5.41) is 16.1. The van der Waals surface area contributed by atoms with Crippen molar-refractivity contribution in [3.05, 3.63) is 64.2 Å². The van der Waals surface area contributed by atoms with Gasteiger partial charge in [0.1, 0.15) is 0 Å². The molecule has 0 saturated heterocycles. The fourth-order valence-electron chi connectivity index (χ4n) is 3.28. The van der Waals surface area contributed by atoms with E-state index in [0.717, 1.165) is 22.5 Å². The van der Waals surface area contributed by atoms with Crippen LogP contribution in [0.2, 0.25) is 0 Å². The fourth-order valence-corrected chi connectivity index (χ4v) is 3.97. The Kier molecular flexibility index (Phi) is 5.48. The summed E-state index contributed by atoms with van der Waals surface area (Å²) in [6, 6.07) is 8.49. The largest absolute Gasteiger partial charge is 0.438 e. The predicted octanol–water partition coefficient (Wildman–Crippen LogP) is 5.71. The van der Waals surface area contributed by atoms with E-state index in [4.69, 9.17) is 0 Å². The highest BCUT2D eigenvalue weighted by atomic mass is 32.1. The minimum atomic E-state index is -5.27. The van der Waals surface area contributed by atoms with Crippen LogP contribution in [0.5, 0.6) is 0 Å². The van der Waals surface area contributed by atoms with Crippen molar-refractivity contribution < 1.29 is 31.4 Å². The maximum Gasteiger partial charge on any atom is 0.438 e. The lowest BCUT2D eigenvalue weighted by atomic mass is 9.98. The number of rotatable bonds is 3. The Labute approximate surface area is 188 Å². The van der Waals surface area contributed by atoms with Crippen LogP contribution in [-0.4, -0.2) is 32.7 Å². The number of alkyl halides is 6. The summed E-state index contributed by atoms with van der Waals surface area (Å²) in [6.07, 6.45) is -11.2. The lowest BCUT2D eigenvalue weighted by Crippen LogP contribution is -2.55. The minimum Gasteiger partial charge on any atom is -0.362 e. The lowest BCUT2D eigenvalue weighted by molar-refractivity contribution is -0.254. The molecule has 0 saturated carbocycles. The Hall–Kier alpha value is -2.99. The molecule has 0 bridgehead atoms. The Morgan fingerprint density at radius 2 is 1.73 bits per heavy atom. The molecule has 4 rings (SSSR count). The molecule has 1 N–H and O–H groups in total. The van der Waals surface area contributed by atoms with Crippen LogP contribution < -0.4 is 5.01 Å². The first-order valence-corrected chi connectivity index (χ1v) is 10.4. The van der Waals surface area contributed by atoms with Crippen molar-refractivity contribution in [1.29, 1.82) is 0 Å². The molecule has 0 radical (unpaired) electrons. The van der Waals surface area contributed by atoms with Crippen LogP contribution in [0.3, 0.4) is 0 Å². The molecule has 1 aromatic carbocycles. The average molecular weight is 486 g/mol. The smallest absolute Gasteiger partial charge is 0.362 e. The van der Waals surface area contributed by atoms with Gasteiger partial charge in [-0.3, -0.25) is 0 Å². The molecule has 5 nitrogen and oxygen atoms in total. The van der Waals surface area contributed by atoms with Crippen molar-refractivity contribution in [2.24, 2.45) is 5.10 Å². The fraction of sp³-hybridized carbons (Fsp3) is 0.286. The molecule has 3 heterocycles. The van der Waals surface area contributed by atoms with E-state index in [1.807, 2.05) is 6.92 Å². The average Bonchev–Trinajstić information content (AvgIpc) is 3.37. The molecule has 0 amide bonds. The van der Waals surface area contributed by atoms with Gasteiger partial charge in [-0.15, -0.1) is 11.3 Å². The Bertz CT molecular complexity index is 1220. The second-order valence-corrected chi connectivity index (χ2v) is 8.51. The van der Waals surface area contributed by atoms with E-state index < -0.39 is 36.1 Å². The zero-order valence-corrected chi connectivity index (χ0v) is 18.0. The maximum atomic E-state index is 14.0. The number of aryl methyl sites for hydroxylation is 2. The monoisotopic (exact) mass is 486 g/mol. The number of halogens is 6. The normalized spacial score (nSPS) is 19.2. The molecule has 0 aliphatic carbocycles. The van der Waals surface area contributed by atoms with Gasteiger partial charge >= 0.3 is 12.4 Å². The van der Waals surface area contributed by atoms with Crippen LogP contribution in [0, 0.1) is 13.8 Å². The first kappa shape index (κ1) is 23.2. The molecule has 0 spiro atoms. The lowest BCUT2D eigenvalue weighted by Gasteiger charge is -2.32. The standard InChI is InChI=1S/C21H16F6N4OS/c1-11-5-6-13(8-12(11)2)15-10-19(32,21(25,26)27)31(30-15)18-28-14(16-4-3-7-33-16)9-17(29-18)20(22,23)24/h3-9,32H,10H2,1-2H3/t19-/m1/s1. The van der Waals surface area contributed by atoms with Gasteiger partial charge in [0, 0.05) is 0 Å². The Morgan fingerprint density at radius 3 is 2.30 bits per heavy atom. The zero-order valence-electron chi connectivity index (χ0n) is 17.2. The highest BCUT2D eigenvalue weighted by molar-refractivity contribution is 7.13. The van der Waals surface area contributed by atoms with Gasteiger partial charge in [0.15, 0.2) is 5.69 Å². The van der Waals surface area contributed by atoms with Gasteiger partial charge in [-0.25, -0.2) is 9.97 Å². The van der Waals surface area contributed by atoms with Gasteiger partial charge in [-0.2, -0.15) is 36.5 Å². The highest BCUT2D eigenvalue weighted by Crippen LogP contribution is 2.44. The molecule has 3 aromatic rings. The van der Waals surface area contributed by atoms with Gasteiger partial charge in [0.05, 0.1) is 22.7 Å². The molecule has 2 aromatic heterocycles. The summed E-state index contributed by atoms with van der Waals surface area (Å²) in [4.78, 5) is 7.48. The number of hydrogen-bond acceptors (Lipinski definition) is 6. The number of aromatic nitrogens is 2. The van der Waals surface area contributed by atoms with E-state index in [1.54, 1.807) is 30.5 Å². The number of hydrogen-bond donors (Lipinski definition) is 1. The van der Waals surface area contributed by atoms with Crippen molar-refractivity contribution in [3.63, 3.8) is 0 Å². The molecule has 1 aliphatic heterocycles. The second-order valence-electron chi connectivity index (χ2n) is 7.56. The van der Waals surface area contributed by atoms with Gasteiger partial charge in [-0.05, 0) is 54.1 Å². The van der Waals surface area contributed by atoms with E-state index in [2.05, 4.69) is 15.1 Å². The number of nitrogens with zero attached hydrogens (tertiary/aromatic N) is 4. The molecular weight excluding hydrogens is 470 g/mol. The molecular formula is C21H16F6N4OS. The third kappa shape index (κ3) is 4.20. The van der Waals surface area contributed by atoms with Crippen LogP contribution in [-0.2, 0) is 6.18 Å². The first-order chi connectivity index (χ1) is 15.3. The van der Waals surface area contributed by atoms with Gasteiger partial charge in [0.25, 0.3) is 5.72 Å². The van der Waals surface area contributed by atoms with Crippen molar-refractivity contribution in [3.8, 4) is 10.6 Å². The van der Waals surface area contributed by atoms with E-state index in [9.17, 15) is 31.4 Å². The van der Waals surface area contributed by atoms with E-state index in [-0.39, 0.29) is 21.3 Å². The van der Waals surface area contributed by atoms with Gasteiger partial charge in [0.2, 0.25) is 5.95 Å². The number of anilines is 1. The zero-order chi connectivity index (χ0) is 24.2.